The summed E-state index contributed by atoms with van der Waals surface area (Å²) in [6, 6.07) is 6.28. The van der Waals surface area contributed by atoms with Crippen molar-refractivity contribution in [2.45, 2.75) is 39.3 Å². The number of likely N-dealkylation sites (tertiary alicyclic amines) is 1. The van der Waals surface area contributed by atoms with Gasteiger partial charge in [-0.05, 0) is 37.6 Å². The zero-order chi connectivity index (χ0) is 20.9. The van der Waals surface area contributed by atoms with Crippen molar-refractivity contribution in [2.24, 2.45) is 0 Å². The molecule has 0 N–H and O–H groups in total. The Hall–Kier alpha value is -2.84. The lowest BCUT2D eigenvalue weighted by Gasteiger charge is -2.19. The molecule has 0 radical (unpaired) electrons. The molecule has 1 atom stereocenters. The smallest absolute Gasteiger partial charge is 0.223 e. The van der Waals surface area contributed by atoms with Gasteiger partial charge in [-0.15, -0.1) is 0 Å². The number of ether oxygens (including phenoxy) is 2. The predicted molar refractivity (Wildman–Crippen MR) is 111 cm³/mol. The van der Waals surface area contributed by atoms with E-state index in [1.165, 1.54) is 5.56 Å². The first kappa shape index (κ1) is 20.4. The van der Waals surface area contributed by atoms with Crippen molar-refractivity contribution in [3.05, 3.63) is 53.4 Å². The van der Waals surface area contributed by atoms with Crippen LogP contribution in [0.5, 0.6) is 5.75 Å². The summed E-state index contributed by atoms with van der Waals surface area (Å²) < 4.78 is 16.3. The van der Waals surface area contributed by atoms with E-state index >= 15 is 0 Å². The molecule has 0 bridgehead atoms. The third-order valence-electron chi connectivity index (χ3n) is 5.30. The number of hydrogen-bond acceptors (Lipinski definition) is 8. The third-order valence-corrected chi connectivity index (χ3v) is 5.30. The lowest BCUT2D eigenvalue weighted by Crippen LogP contribution is -2.21. The van der Waals surface area contributed by atoms with Crippen LogP contribution in [0, 0.1) is 6.92 Å². The second kappa shape index (κ2) is 9.32. The summed E-state index contributed by atoms with van der Waals surface area (Å²) in [6.45, 7) is 7.75. The lowest BCUT2D eigenvalue weighted by atomic mass is 10.00. The molecule has 1 aromatic carbocycles. The molecule has 8 heteroatoms. The second-order valence-corrected chi connectivity index (χ2v) is 7.49. The van der Waals surface area contributed by atoms with Crippen LogP contribution in [0.4, 0.5) is 0 Å². The van der Waals surface area contributed by atoms with E-state index in [9.17, 15) is 0 Å². The highest BCUT2D eigenvalue weighted by Crippen LogP contribution is 2.33. The van der Waals surface area contributed by atoms with Gasteiger partial charge >= 0.3 is 0 Å². The van der Waals surface area contributed by atoms with Crippen LogP contribution < -0.4 is 4.74 Å². The fourth-order valence-electron chi connectivity index (χ4n) is 3.99. The van der Waals surface area contributed by atoms with Gasteiger partial charge in [0.15, 0.2) is 0 Å². The molecule has 8 nitrogen and oxygen atoms in total. The molecular formula is C22H27N5O3. The van der Waals surface area contributed by atoms with Crippen LogP contribution in [0.1, 0.15) is 42.0 Å². The summed E-state index contributed by atoms with van der Waals surface area (Å²) in [6.07, 6.45) is 4.38. The van der Waals surface area contributed by atoms with Crippen molar-refractivity contribution < 1.29 is 14.0 Å². The Kier molecular flexibility index (Phi) is 6.35. The molecule has 1 aliphatic heterocycles. The molecular weight excluding hydrogens is 382 g/mol. The van der Waals surface area contributed by atoms with E-state index in [4.69, 9.17) is 14.0 Å². The first-order valence-corrected chi connectivity index (χ1v) is 10.2. The third kappa shape index (κ3) is 4.49. The average Bonchev–Trinajstić information content (AvgIpc) is 3.39. The zero-order valence-corrected chi connectivity index (χ0v) is 17.7. The molecule has 1 fully saturated rings. The molecule has 0 aliphatic carbocycles. The van der Waals surface area contributed by atoms with E-state index < -0.39 is 0 Å². The van der Waals surface area contributed by atoms with Crippen molar-refractivity contribution in [1.82, 2.24) is 25.0 Å². The fraction of sp³-hybridized carbons (Fsp3) is 0.455. The van der Waals surface area contributed by atoms with Crippen LogP contribution >= 0.6 is 0 Å². The van der Waals surface area contributed by atoms with Crippen molar-refractivity contribution in [2.75, 3.05) is 26.8 Å². The zero-order valence-electron chi connectivity index (χ0n) is 17.7. The standard InChI is InChI=1S/C22H27N5O3/c1-4-29-20-6-5-16(13-28-3)9-18(20)12-27-8-7-17(11-27)21-19(10-23-14-24-21)22-25-15(2)30-26-22/h5-6,9-10,14,17H,4,7-8,11-13H2,1-3H3/t17-/m1/s1. The lowest BCUT2D eigenvalue weighted by molar-refractivity contribution is 0.184. The number of hydrogen-bond donors (Lipinski definition) is 0. The number of rotatable bonds is 8. The summed E-state index contributed by atoms with van der Waals surface area (Å²) in [5.41, 5.74) is 4.16. The molecule has 0 unspecified atom stereocenters. The van der Waals surface area contributed by atoms with E-state index in [0.29, 0.717) is 30.8 Å². The topological polar surface area (TPSA) is 86.4 Å². The highest BCUT2D eigenvalue weighted by molar-refractivity contribution is 5.57. The quantitative estimate of drug-likeness (QED) is 0.560. The van der Waals surface area contributed by atoms with Crippen LogP contribution in [-0.2, 0) is 17.9 Å². The van der Waals surface area contributed by atoms with Crippen molar-refractivity contribution in [3.8, 4) is 17.1 Å². The van der Waals surface area contributed by atoms with E-state index in [1.54, 1.807) is 26.6 Å². The minimum Gasteiger partial charge on any atom is -0.494 e. The molecule has 3 aromatic rings. The van der Waals surface area contributed by atoms with Crippen molar-refractivity contribution in [1.29, 1.82) is 0 Å². The molecule has 4 rings (SSSR count). The van der Waals surface area contributed by atoms with Gasteiger partial charge in [0.25, 0.3) is 0 Å². The minimum absolute atomic E-state index is 0.291. The Bertz CT molecular complexity index is 990. The Morgan fingerprint density at radius 3 is 2.97 bits per heavy atom. The SMILES string of the molecule is CCOc1ccc(COC)cc1CN1CC[C@@H](c2ncncc2-c2noc(C)n2)C1. The van der Waals surface area contributed by atoms with Crippen LogP contribution in [0.15, 0.2) is 35.2 Å². The molecule has 2 aromatic heterocycles. The maximum absolute atomic E-state index is 5.86. The Morgan fingerprint density at radius 2 is 2.20 bits per heavy atom. The Morgan fingerprint density at radius 1 is 1.30 bits per heavy atom. The monoisotopic (exact) mass is 409 g/mol. The van der Waals surface area contributed by atoms with E-state index in [0.717, 1.165) is 48.6 Å². The maximum Gasteiger partial charge on any atom is 0.223 e. The summed E-state index contributed by atoms with van der Waals surface area (Å²) in [4.78, 5) is 15.5. The summed E-state index contributed by atoms with van der Waals surface area (Å²) in [5, 5.41) is 4.06. The van der Waals surface area contributed by atoms with Crippen LogP contribution in [0.3, 0.4) is 0 Å². The Balaban J connectivity index is 1.52. The van der Waals surface area contributed by atoms with Gasteiger partial charge in [0.1, 0.15) is 12.1 Å². The number of benzene rings is 1. The maximum atomic E-state index is 5.86. The predicted octanol–water partition coefficient (Wildman–Crippen LogP) is 3.37. The molecule has 3 heterocycles. The summed E-state index contributed by atoms with van der Waals surface area (Å²) in [5.74, 6) is 2.31. The van der Waals surface area contributed by atoms with Crippen LogP contribution in [0.2, 0.25) is 0 Å². The van der Waals surface area contributed by atoms with Crippen LogP contribution in [0.25, 0.3) is 11.4 Å². The van der Waals surface area contributed by atoms with Crippen molar-refractivity contribution in [3.63, 3.8) is 0 Å². The minimum atomic E-state index is 0.291. The van der Waals surface area contributed by atoms with Gasteiger partial charge in [-0.1, -0.05) is 11.2 Å². The highest BCUT2D eigenvalue weighted by Gasteiger charge is 2.29. The normalized spacial score (nSPS) is 16.8. The summed E-state index contributed by atoms with van der Waals surface area (Å²) >= 11 is 0. The molecule has 30 heavy (non-hydrogen) atoms. The highest BCUT2D eigenvalue weighted by atomic mass is 16.5. The van der Waals surface area contributed by atoms with Gasteiger partial charge in [-0.2, -0.15) is 4.98 Å². The van der Waals surface area contributed by atoms with Gasteiger partial charge in [-0.3, -0.25) is 4.90 Å². The molecule has 0 spiro atoms. The number of aryl methyl sites for hydroxylation is 1. The number of nitrogens with zero attached hydrogens (tertiary/aromatic N) is 5. The molecule has 0 saturated carbocycles. The largest absolute Gasteiger partial charge is 0.494 e. The van der Waals surface area contributed by atoms with Gasteiger partial charge in [0, 0.05) is 44.8 Å². The Labute approximate surface area is 176 Å². The average molecular weight is 409 g/mol. The number of aromatic nitrogens is 4. The first-order chi connectivity index (χ1) is 14.7. The molecule has 1 saturated heterocycles. The second-order valence-electron chi connectivity index (χ2n) is 7.49. The van der Waals surface area contributed by atoms with Crippen molar-refractivity contribution >= 4 is 0 Å². The molecule has 1 aliphatic rings. The fourth-order valence-corrected chi connectivity index (χ4v) is 3.99. The van der Waals surface area contributed by atoms with Gasteiger partial charge < -0.3 is 14.0 Å². The van der Waals surface area contributed by atoms with Crippen LogP contribution in [-0.4, -0.2) is 51.8 Å². The van der Waals surface area contributed by atoms with Gasteiger partial charge in [0.2, 0.25) is 11.7 Å². The number of methoxy groups -OCH3 is 1. The van der Waals surface area contributed by atoms with E-state index in [1.807, 2.05) is 13.0 Å². The summed E-state index contributed by atoms with van der Waals surface area (Å²) in [7, 11) is 1.71. The van der Waals surface area contributed by atoms with Gasteiger partial charge in [-0.25, -0.2) is 9.97 Å². The first-order valence-electron chi connectivity index (χ1n) is 10.2. The van der Waals surface area contributed by atoms with E-state index in [-0.39, 0.29) is 0 Å². The van der Waals surface area contributed by atoms with Gasteiger partial charge in [0.05, 0.1) is 24.5 Å². The van der Waals surface area contributed by atoms with E-state index in [2.05, 4.69) is 37.1 Å². The molecule has 158 valence electrons. The molecule has 0 amide bonds.